The molecular formula is C10H8N4S. The first-order chi connectivity index (χ1) is 7.28. The molecule has 15 heavy (non-hydrogen) atoms. The standard InChI is InChI=1S/C10H8N4S/c1-7-2-3-9(12-5-7)14-10-13-6-8(4-11)15-10/h2-3,5-6H,1H3,(H,12,13,14). The summed E-state index contributed by atoms with van der Waals surface area (Å²) in [6.45, 7) is 1.98. The number of aromatic nitrogens is 2. The van der Waals surface area contributed by atoms with E-state index in [1.807, 2.05) is 25.1 Å². The molecule has 0 fully saturated rings. The summed E-state index contributed by atoms with van der Waals surface area (Å²) >= 11 is 1.31. The topological polar surface area (TPSA) is 61.6 Å². The highest BCUT2D eigenvalue weighted by molar-refractivity contribution is 7.16. The van der Waals surface area contributed by atoms with Crippen LogP contribution in [0.3, 0.4) is 0 Å². The van der Waals surface area contributed by atoms with Crippen LogP contribution in [0.25, 0.3) is 0 Å². The van der Waals surface area contributed by atoms with Gasteiger partial charge in [0.25, 0.3) is 0 Å². The molecule has 0 saturated heterocycles. The van der Waals surface area contributed by atoms with E-state index in [1.165, 1.54) is 11.3 Å². The summed E-state index contributed by atoms with van der Waals surface area (Å²) in [6.07, 6.45) is 3.32. The molecular weight excluding hydrogens is 208 g/mol. The van der Waals surface area contributed by atoms with Gasteiger partial charge in [-0.1, -0.05) is 17.4 Å². The van der Waals surface area contributed by atoms with Crippen molar-refractivity contribution < 1.29 is 0 Å². The van der Waals surface area contributed by atoms with Crippen LogP contribution in [0.2, 0.25) is 0 Å². The molecule has 0 atom stereocenters. The number of aryl methyl sites for hydroxylation is 1. The Balaban J connectivity index is 2.15. The van der Waals surface area contributed by atoms with E-state index in [4.69, 9.17) is 5.26 Å². The van der Waals surface area contributed by atoms with Gasteiger partial charge in [-0.2, -0.15) is 5.26 Å². The Morgan fingerprint density at radius 2 is 2.20 bits per heavy atom. The quantitative estimate of drug-likeness (QED) is 0.837. The Hall–Kier alpha value is -1.93. The minimum atomic E-state index is 0.588. The molecule has 2 heterocycles. The normalized spacial score (nSPS) is 9.60. The average molecular weight is 216 g/mol. The number of nitrogens with zero attached hydrogens (tertiary/aromatic N) is 3. The molecule has 2 aromatic rings. The largest absolute Gasteiger partial charge is 0.316 e. The van der Waals surface area contributed by atoms with E-state index in [9.17, 15) is 0 Å². The summed E-state index contributed by atoms with van der Waals surface area (Å²) < 4.78 is 0. The molecule has 0 radical (unpaired) electrons. The van der Waals surface area contributed by atoms with Crippen molar-refractivity contribution in [1.82, 2.24) is 9.97 Å². The summed E-state index contributed by atoms with van der Waals surface area (Å²) in [7, 11) is 0. The van der Waals surface area contributed by atoms with Crippen molar-refractivity contribution >= 4 is 22.3 Å². The zero-order valence-electron chi connectivity index (χ0n) is 8.06. The van der Waals surface area contributed by atoms with Crippen molar-refractivity contribution in [2.24, 2.45) is 0 Å². The lowest BCUT2D eigenvalue weighted by atomic mass is 10.3. The second kappa shape index (κ2) is 4.07. The Labute approximate surface area is 91.2 Å². The second-order valence-electron chi connectivity index (χ2n) is 2.99. The van der Waals surface area contributed by atoms with Gasteiger partial charge in [-0.05, 0) is 18.6 Å². The lowest BCUT2D eigenvalue weighted by Crippen LogP contribution is -1.91. The number of anilines is 2. The summed E-state index contributed by atoms with van der Waals surface area (Å²) in [6, 6.07) is 5.88. The van der Waals surface area contributed by atoms with E-state index in [0.717, 1.165) is 11.4 Å². The molecule has 5 heteroatoms. The van der Waals surface area contributed by atoms with Gasteiger partial charge in [0.1, 0.15) is 16.8 Å². The van der Waals surface area contributed by atoms with Crippen molar-refractivity contribution in [3.63, 3.8) is 0 Å². The molecule has 0 aliphatic rings. The predicted molar refractivity (Wildman–Crippen MR) is 59.1 cm³/mol. The van der Waals surface area contributed by atoms with Gasteiger partial charge in [-0.25, -0.2) is 9.97 Å². The van der Waals surface area contributed by atoms with Gasteiger partial charge in [-0.15, -0.1) is 0 Å². The molecule has 0 amide bonds. The third-order valence-corrected chi connectivity index (χ3v) is 2.58. The van der Waals surface area contributed by atoms with E-state index in [2.05, 4.69) is 15.3 Å². The molecule has 0 aliphatic carbocycles. The van der Waals surface area contributed by atoms with Crippen LogP contribution in [-0.2, 0) is 0 Å². The van der Waals surface area contributed by atoms with E-state index >= 15 is 0 Å². The number of rotatable bonds is 2. The van der Waals surface area contributed by atoms with Crippen molar-refractivity contribution in [3.05, 3.63) is 35.0 Å². The fourth-order valence-electron chi connectivity index (χ4n) is 1.03. The van der Waals surface area contributed by atoms with Gasteiger partial charge >= 0.3 is 0 Å². The van der Waals surface area contributed by atoms with Gasteiger partial charge in [0.15, 0.2) is 5.13 Å². The second-order valence-corrected chi connectivity index (χ2v) is 4.02. The van der Waals surface area contributed by atoms with Gasteiger partial charge in [-0.3, -0.25) is 0 Å². The Morgan fingerprint density at radius 3 is 2.80 bits per heavy atom. The van der Waals surface area contributed by atoms with E-state index in [1.54, 1.807) is 12.4 Å². The number of pyridine rings is 1. The van der Waals surface area contributed by atoms with E-state index in [-0.39, 0.29) is 0 Å². The summed E-state index contributed by atoms with van der Waals surface area (Å²) in [5.41, 5.74) is 1.11. The third kappa shape index (κ3) is 2.30. The molecule has 0 saturated carbocycles. The number of nitrogens with one attached hydrogen (secondary N) is 1. The fourth-order valence-corrected chi connectivity index (χ4v) is 1.66. The van der Waals surface area contributed by atoms with Crippen LogP contribution in [0.15, 0.2) is 24.5 Å². The predicted octanol–water partition coefficient (Wildman–Crippen LogP) is 2.46. The number of nitriles is 1. The van der Waals surface area contributed by atoms with Gasteiger partial charge in [0.2, 0.25) is 0 Å². The van der Waals surface area contributed by atoms with Crippen LogP contribution in [0, 0.1) is 18.3 Å². The minimum Gasteiger partial charge on any atom is -0.316 e. The van der Waals surface area contributed by atoms with Crippen molar-refractivity contribution in [3.8, 4) is 6.07 Å². The molecule has 2 aromatic heterocycles. The van der Waals surface area contributed by atoms with Gasteiger partial charge in [0, 0.05) is 6.20 Å². The van der Waals surface area contributed by atoms with Crippen LogP contribution in [0.1, 0.15) is 10.4 Å². The summed E-state index contributed by atoms with van der Waals surface area (Å²) in [5, 5.41) is 12.3. The van der Waals surface area contributed by atoms with E-state index < -0.39 is 0 Å². The van der Waals surface area contributed by atoms with Gasteiger partial charge < -0.3 is 5.32 Å². The first-order valence-corrected chi connectivity index (χ1v) is 5.15. The maximum absolute atomic E-state index is 8.63. The monoisotopic (exact) mass is 216 g/mol. The molecule has 0 bridgehead atoms. The molecule has 0 unspecified atom stereocenters. The molecule has 4 nitrogen and oxygen atoms in total. The van der Waals surface area contributed by atoms with Crippen LogP contribution >= 0.6 is 11.3 Å². The molecule has 0 aromatic carbocycles. The smallest absolute Gasteiger partial charge is 0.189 e. The zero-order chi connectivity index (χ0) is 10.7. The minimum absolute atomic E-state index is 0.588. The number of thiazole rings is 1. The lowest BCUT2D eigenvalue weighted by molar-refractivity contribution is 1.25. The van der Waals surface area contributed by atoms with Crippen LogP contribution in [0.4, 0.5) is 10.9 Å². The molecule has 2 rings (SSSR count). The average Bonchev–Trinajstić information content (AvgIpc) is 2.69. The molecule has 0 aliphatic heterocycles. The summed E-state index contributed by atoms with van der Waals surface area (Å²) in [5.74, 6) is 0.736. The highest BCUT2D eigenvalue weighted by Crippen LogP contribution is 2.20. The first kappa shape index (κ1) is 9.62. The maximum Gasteiger partial charge on any atom is 0.189 e. The van der Waals surface area contributed by atoms with Crippen LogP contribution in [-0.4, -0.2) is 9.97 Å². The van der Waals surface area contributed by atoms with Gasteiger partial charge in [0.05, 0.1) is 6.20 Å². The van der Waals surface area contributed by atoms with Crippen molar-refractivity contribution in [2.45, 2.75) is 6.92 Å². The SMILES string of the molecule is Cc1ccc(Nc2ncc(C#N)s2)nc1. The fraction of sp³-hybridized carbons (Fsp3) is 0.100. The van der Waals surface area contributed by atoms with Crippen LogP contribution in [0.5, 0.6) is 0 Å². The first-order valence-electron chi connectivity index (χ1n) is 4.33. The molecule has 1 N–H and O–H groups in total. The number of hydrogen-bond acceptors (Lipinski definition) is 5. The summed E-state index contributed by atoms with van der Waals surface area (Å²) in [4.78, 5) is 8.82. The molecule has 74 valence electrons. The number of hydrogen-bond donors (Lipinski definition) is 1. The van der Waals surface area contributed by atoms with Crippen molar-refractivity contribution in [2.75, 3.05) is 5.32 Å². The highest BCUT2D eigenvalue weighted by atomic mass is 32.1. The lowest BCUT2D eigenvalue weighted by Gasteiger charge is -2.00. The molecule has 0 spiro atoms. The maximum atomic E-state index is 8.63. The van der Waals surface area contributed by atoms with Crippen molar-refractivity contribution in [1.29, 1.82) is 5.26 Å². The van der Waals surface area contributed by atoms with Crippen LogP contribution < -0.4 is 5.32 Å². The third-order valence-electron chi connectivity index (χ3n) is 1.76. The Kier molecular flexibility index (Phi) is 2.61. The Morgan fingerprint density at radius 1 is 1.33 bits per heavy atom. The highest BCUT2D eigenvalue weighted by Gasteiger charge is 2.01. The Bertz CT molecular complexity index is 495. The van der Waals surface area contributed by atoms with E-state index in [0.29, 0.717) is 10.0 Å². The zero-order valence-corrected chi connectivity index (χ0v) is 8.88.